The quantitative estimate of drug-likeness (QED) is 0.889. The number of ether oxygens (including phenoxy) is 1. The highest BCUT2D eigenvalue weighted by Gasteiger charge is 2.28. The summed E-state index contributed by atoms with van der Waals surface area (Å²) in [6.07, 6.45) is 2.31. The van der Waals surface area contributed by atoms with E-state index in [0.29, 0.717) is 32.5 Å². The second kappa shape index (κ2) is 7.31. The molecule has 1 amide bonds. The molecule has 1 heterocycles. The van der Waals surface area contributed by atoms with E-state index in [2.05, 4.69) is 5.32 Å². The van der Waals surface area contributed by atoms with Gasteiger partial charge in [0, 0.05) is 24.7 Å². The third kappa shape index (κ3) is 4.68. The molecule has 7 heteroatoms. The number of carbonyl (C=O) groups excluding carboxylic acids is 1. The van der Waals surface area contributed by atoms with E-state index in [-0.39, 0.29) is 11.8 Å². The van der Waals surface area contributed by atoms with Gasteiger partial charge in [0.05, 0.1) is 12.9 Å². The lowest BCUT2D eigenvalue weighted by Gasteiger charge is -2.29. The van der Waals surface area contributed by atoms with Crippen LogP contribution in [-0.2, 0) is 14.8 Å². The third-order valence-electron chi connectivity index (χ3n) is 4.04. The molecule has 6 nitrogen and oxygen atoms in total. The number of amides is 1. The molecule has 0 spiro atoms. The Kier molecular flexibility index (Phi) is 5.64. The number of anilines is 1. The van der Waals surface area contributed by atoms with Crippen LogP contribution in [0.15, 0.2) is 18.2 Å². The van der Waals surface area contributed by atoms with Gasteiger partial charge in [0.25, 0.3) is 0 Å². The van der Waals surface area contributed by atoms with Gasteiger partial charge in [-0.3, -0.25) is 4.79 Å². The van der Waals surface area contributed by atoms with E-state index < -0.39 is 10.0 Å². The number of rotatable bonds is 5. The topological polar surface area (TPSA) is 75.7 Å². The summed E-state index contributed by atoms with van der Waals surface area (Å²) in [5.74, 6) is 0.605. The van der Waals surface area contributed by atoms with Crippen molar-refractivity contribution >= 4 is 21.6 Å². The zero-order valence-electron chi connectivity index (χ0n) is 13.8. The van der Waals surface area contributed by atoms with Crippen LogP contribution >= 0.6 is 0 Å². The summed E-state index contributed by atoms with van der Waals surface area (Å²) < 4.78 is 29.9. The van der Waals surface area contributed by atoms with Gasteiger partial charge in [0.1, 0.15) is 5.75 Å². The highest BCUT2D eigenvalue weighted by atomic mass is 32.2. The molecule has 0 saturated carbocycles. The molecule has 0 unspecified atom stereocenters. The molecular formula is C16H24N2O4S. The van der Waals surface area contributed by atoms with Gasteiger partial charge in [-0.2, -0.15) is 0 Å². The lowest BCUT2D eigenvalue weighted by Crippen LogP contribution is -2.40. The normalized spacial score (nSPS) is 17.0. The molecule has 0 aliphatic carbocycles. The van der Waals surface area contributed by atoms with Crippen LogP contribution in [0.5, 0.6) is 5.75 Å². The zero-order chi connectivity index (χ0) is 17.0. The van der Waals surface area contributed by atoms with Crippen molar-refractivity contribution in [2.45, 2.75) is 26.7 Å². The predicted octanol–water partition coefficient (Wildman–Crippen LogP) is 2.00. The number of benzene rings is 1. The number of piperidine rings is 1. The molecule has 1 fully saturated rings. The molecule has 1 N–H and O–H groups in total. The Morgan fingerprint density at radius 2 is 2.00 bits per heavy atom. The molecule has 1 saturated heterocycles. The van der Waals surface area contributed by atoms with Crippen molar-refractivity contribution in [2.24, 2.45) is 5.92 Å². The first-order valence-electron chi connectivity index (χ1n) is 7.80. The number of nitrogens with zero attached hydrogens (tertiary/aromatic N) is 1. The molecule has 128 valence electrons. The molecule has 0 bridgehead atoms. The first-order valence-corrected chi connectivity index (χ1v) is 9.65. The van der Waals surface area contributed by atoms with Crippen molar-refractivity contribution in [2.75, 3.05) is 31.3 Å². The first kappa shape index (κ1) is 17.7. The van der Waals surface area contributed by atoms with Crippen molar-refractivity contribution in [3.05, 3.63) is 23.8 Å². The minimum absolute atomic E-state index is 0.0540. The maximum Gasteiger partial charge on any atom is 0.227 e. The monoisotopic (exact) mass is 340 g/mol. The second-order valence-electron chi connectivity index (χ2n) is 5.84. The van der Waals surface area contributed by atoms with Gasteiger partial charge in [0.15, 0.2) is 0 Å². The third-order valence-corrected chi connectivity index (χ3v) is 5.34. The van der Waals surface area contributed by atoms with Gasteiger partial charge in [0.2, 0.25) is 15.9 Å². The fourth-order valence-corrected chi connectivity index (χ4v) is 3.61. The summed E-state index contributed by atoms with van der Waals surface area (Å²) in [6, 6.07) is 5.55. The van der Waals surface area contributed by atoms with Crippen LogP contribution in [-0.4, -0.2) is 44.6 Å². The van der Waals surface area contributed by atoms with Gasteiger partial charge in [-0.15, -0.1) is 0 Å². The smallest absolute Gasteiger partial charge is 0.227 e. The van der Waals surface area contributed by atoms with Crippen molar-refractivity contribution in [3.8, 4) is 5.75 Å². The Labute approximate surface area is 137 Å². The largest absolute Gasteiger partial charge is 0.494 e. The van der Waals surface area contributed by atoms with Gasteiger partial charge in [-0.05, 0) is 50.5 Å². The van der Waals surface area contributed by atoms with Crippen LogP contribution < -0.4 is 10.1 Å². The summed E-state index contributed by atoms with van der Waals surface area (Å²) in [4.78, 5) is 12.3. The Morgan fingerprint density at radius 3 is 2.52 bits per heavy atom. The minimum atomic E-state index is -3.16. The molecule has 23 heavy (non-hydrogen) atoms. The van der Waals surface area contributed by atoms with Crippen LogP contribution in [0, 0.1) is 12.8 Å². The highest BCUT2D eigenvalue weighted by molar-refractivity contribution is 7.88. The van der Waals surface area contributed by atoms with E-state index >= 15 is 0 Å². The number of carbonyl (C=O) groups is 1. The molecule has 1 aliphatic heterocycles. The molecule has 1 aromatic rings. The van der Waals surface area contributed by atoms with E-state index in [1.165, 1.54) is 10.6 Å². The van der Waals surface area contributed by atoms with E-state index in [0.717, 1.165) is 17.0 Å². The molecule has 0 aromatic heterocycles. The Bertz CT molecular complexity index is 665. The summed E-state index contributed by atoms with van der Waals surface area (Å²) in [6.45, 7) is 5.27. The van der Waals surface area contributed by atoms with E-state index in [1.54, 1.807) is 0 Å². The van der Waals surface area contributed by atoms with Gasteiger partial charge in [-0.25, -0.2) is 12.7 Å². The van der Waals surface area contributed by atoms with Gasteiger partial charge >= 0.3 is 0 Å². The molecule has 2 rings (SSSR count). The molecular weight excluding hydrogens is 316 g/mol. The standard InChI is InChI=1S/C16H24N2O4S/c1-4-22-15-6-5-14(11-12(15)2)17-16(19)13-7-9-18(10-8-13)23(3,20)21/h5-6,11,13H,4,7-10H2,1-3H3,(H,17,19). The molecule has 1 aromatic carbocycles. The first-order chi connectivity index (χ1) is 10.8. The lowest BCUT2D eigenvalue weighted by molar-refractivity contribution is -0.120. The Balaban J connectivity index is 1.94. The van der Waals surface area contributed by atoms with Crippen molar-refractivity contribution in [1.82, 2.24) is 4.31 Å². The van der Waals surface area contributed by atoms with Crippen molar-refractivity contribution in [3.63, 3.8) is 0 Å². The van der Waals surface area contributed by atoms with Crippen molar-refractivity contribution in [1.29, 1.82) is 0 Å². The number of nitrogens with one attached hydrogen (secondary N) is 1. The highest BCUT2D eigenvalue weighted by Crippen LogP contribution is 2.24. The lowest BCUT2D eigenvalue weighted by atomic mass is 9.97. The van der Waals surface area contributed by atoms with Gasteiger partial charge < -0.3 is 10.1 Å². The minimum Gasteiger partial charge on any atom is -0.494 e. The number of hydrogen-bond donors (Lipinski definition) is 1. The summed E-state index contributed by atoms with van der Waals surface area (Å²) in [5.41, 5.74) is 1.71. The zero-order valence-corrected chi connectivity index (χ0v) is 14.6. The number of hydrogen-bond acceptors (Lipinski definition) is 4. The van der Waals surface area contributed by atoms with E-state index in [4.69, 9.17) is 4.74 Å². The fourth-order valence-electron chi connectivity index (χ4n) is 2.74. The van der Waals surface area contributed by atoms with Crippen LogP contribution in [0.1, 0.15) is 25.3 Å². The van der Waals surface area contributed by atoms with E-state index in [1.807, 2.05) is 32.0 Å². The second-order valence-corrected chi connectivity index (χ2v) is 7.82. The fraction of sp³-hybridized carbons (Fsp3) is 0.562. The van der Waals surface area contributed by atoms with Crippen LogP contribution in [0.4, 0.5) is 5.69 Å². The van der Waals surface area contributed by atoms with Crippen LogP contribution in [0.3, 0.4) is 0 Å². The molecule has 1 aliphatic rings. The number of aryl methyl sites for hydroxylation is 1. The maximum absolute atomic E-state index is 12.3. The predicted molar refractivity (Wildman–Crippen MR) is 90.1 cm³/mol. The average molecular weight is 340 g/mol. The Hall–Kier alpha value is -1.60. The Morgan fingerprint density at radius 1 is 1.35 bits per heavy atom. The van der Waals surface area contributed by atoms with Crippen LogP contribution in [0.25, 0.3) is 0 Å². The summed E-state index contributed by atoms with van der Waals surface area (Å²) in [5, 5.41) is 2.91. The average Bonchev–Trinajstić information content (AvgIpc) is 2.49. The number of sulfonamides is 1. The van der Waals surface area contributed by atoms with Crippen LogP contribution in [0.2, 0.25) is 0 Å². The maximum atomic E-state index is 12.3. The molecule has 0 radical (unpaired) electrons. The van der Waals surface area contributed by atoms with Crippen molar-refractivity contribution < 1.29 is 17.9 Å². The van der Waals surface area contributed by atoms with Gasteiger partial charge in [-0.1, -0.05) is 0 Å². The SMILES string of the molecule is CCOc1ccc(NC(=O)C2CCN(S(C)(=O)=O)CC2)cc1C. The van der Waals surface area contributed by atoms with E-state index in [9.17, 15) is 13.2 Å². The molecule has 0 atom stereocenters. The summed E-state index contributed by atoms with van der Waals surface area (Å²) in [7, 11) is -3.16. The summed E-state index contributed by atoms with van der Waals surface area (Å²) >= 11 is 0.